The summed E-state index contributed by atoms with van der Waals surface area (Å²) in [7, 11) is -4.39. The molecule has 0 radical (unpaired) electrons. The number of hydrogen-bond donors (Lipinski definition) is 1. The van der Waals surface area contributed by atoms with E-state index in [1.165, 1.54) is 18.2 Å². The first kappa shape index (κ1) is 17.2. The van der Waals surface area contributed by atoms with Crippen LogP contribution < -0.4 is 0 Å². The molecule has 1 aromatic rings. The van der Waals surface area contributed by atoms with Gasteiger partial charge >= 0.3 is 12.1 Å². The van der Waals surface area contributed by atoms with E-state index in [0.717, 1.165) is 6.07 Å². The van der Waals surface area contributed by atoms with Crippen molar-refractivity contribution >= 4 is 16.0 Å². The van der Waals surface area contributed by atoms with E-state index in [9.17, 15) is 26.4 Å². The van der Waals surface area contributed by atoms with Gasteiger partial charge in [0.25, 0.3) is 0 Å². The van der Waals surface area contributed by atoms with Crippen LogP contribution in [0.2, 0.25) is 0 Å². The zero-order valence-corrected chi connectivity index (χ0v) is 12.3. The molecule has 0 spiro atoms. The highest BCUT2D eigenvalue weighted by Gasteiger charge is 2.55. The van der Waals surface area contributed by atoms with E-state index < -0.39 is 52.0 Å². The Hall–Kier alpha value is -2.12. The van der Waals surface area contributed by atoms with Gasteiger partial charge in [0.1, 0.15) is 6.07 Å². The summed E-state index contributed by atoms with van der Waals surface area (Å²) in [5.74, 6) is -5.87. The van der Waals surface area contributed by atoms with E-state index in [1.807, 2.05) is 0 Å². The molecule has 0 amide bonds. The Bertz CT molecular complexity index is 770. The van der Waals surface area contributed by atoms with Crippen molar-refractivity contribution in [2.24, 2.45) is 11.8 Å². The quantitative estimate of drug-likeness (QED) is 0.891. The third-order valence-electron chi connectivity index (χ3n) is 3.65. The molecule has 10 heteroatoms. The number of halogens is 3. The minimum atomic E-state index is -4.83. The van der Waals surface area contributed by atoms with Gasteiger partial charge in [0.05, 0.1) is 22.3 Å². The second-order valence-electron chi connectivity index (χ2n) is 5.02. The van der Waals surface area contributed by atoms with Crippen LogP contribution in [0.1, 0.15) is 5.56 Å². The Balaban J connectivity index is 2.43. The number of nitriles is 1. The Morgan fingerprint density at radius 2 is 1.91 bits per heavy atom. The molecule has 1 fully saturated rings. The minimum absolute atomic E-state index is 0.213. The van der Waals surface area contributed by atoms with Crippen LogP contribution in [0.3, 0.4) is 0 Å². The largest absolute Gasteiger partial charge is 0.481 e. The highest BCUT2D eigenvalue weighted by Crippen LogP contribution is 2.39. The number of nitrogens with zero attached hydrogens (tertiary/aromatic N) is 2. The number of aliphatic carboxylic acids is 1. The fourth-order valence-electron chi connectivity index (χ4n) is 2.47. The number of rotatable bonds is 3. The molecule has 1 N–H and O–H groups in total. The molecular weight excluding hydrogens is 337 g/mol. The van der Waals surface area contributed by atoms with E-state index >= 15 is 0 Å². The summed E-state index contributed by atoms with van der Waals surface area (Å²) in [4.78, 5) is 10.6. The molecule has 1 aromatic carbocycles. The Morgan fingerprint density at radius 1 is 1.30 bits per heavy atom. The summed E-state index contributed by atoms with van der Waals surface area (Å²) in [5, 5.41) is 17.9. The van der Waals surface area contributed by atoms with Crippen LogP contribution in [0.25, 0.3) is 0 Å². The number of carbonyl (C=O) groups is 1. The van der Waals surface area contributed by atoms with Crippen LogP contribution in [0.15, 0.2) is 29.2 Å². The molecule has 23 heavy (non-hydrogen) atoms. The van der Waals surface area contributed by atoms with Gasteiger partial charge in [-0.3, -0.25) is 4.79 Å². The second kappa shape index (κ2) is 5.82. The molecule has 0 saturated carbocycles. The Morgan fingerprint density at radius 3 is 2.39 bits per heavy atom. The van der Waals surface area contributed by atoms with E-state index in [4.69, 9.17) is 10.4 Å². The van der Waals surface area contributed by atoms with E-state index in [1.54, 1.807) is 6.07 Å². The lowest BCUT2D eigenvalue weighted by atomic mass is 9.96. The molecule has 1 saturated heterocycles. The summed E-state index contributed by atoms with van der Waals surface area (Å²) >= 11 is 0. The van der Waals surface area contributed by atoms with Gasteiger partial charge in [0, 0.05) is 13.1 Å². The molecule has 0 bridgehead atoms. The van der Waals surface area contributed by atoms with Crippen molar-refractivity contribution in [3.05, 3.63) is 29.8 Å². The van der Waals surface area contributed by atoms with Crippen LogP contribution in [-0.4, -0.2) is 43.1 Å². The molecule has 1 heterocycles. The standard InChI is InChI=1S/C13H11F3N2O4S/c14-13(15,16)10-7-18(6-9(10)12(19)20)23(21,22)11-4-2-1-3-8(11)5-17/h1-4,9-10H,6-7H2,(H,19,20)/t9-,10-/m1/s1. The number of carboxylic acids is 1. The molecule has 2 atom stereocenters. The molecule has 2 rings (SSSR count). The Labute approximate surface area is 129 Å². The summed E-state index contributed by atoms with van der Waals surface area (Å²) < 4.78 is 64.2. The van der Waals surface area contributed by atoms with Crippen molar-refractivity contribution in [1.82, 2.24) is 4.31 Å². The van der Waals surface area contributed by atoms with Crippen molar-refractivity contribution in [3.63, 3.8) is 0 Å². The van der Waals surface area contributed by atoms with Gasteiger partial charge in [-0.1, -0.05) is 12.1 Å². The van der Waals surface area contributed by atoms with E-state index in [0.29, 0.717) is 4.31 Å². The molecule has 0 aliphatic carbocycles. The normalized spacial score (nSPS) is 22.7. The number of carboxylic acid groups (broad SMARTS) is 1. The zero-order valence-electron chi connectivity index (χ0n) is 11.5. The predicted molar refractivity (Wildman–Crippen MR) is 70.6 cm³/mol. The summed E-state index contributed by atoms with van der Waals surface area (Å²) in [6.07, 6.45) is -4.83. The number of benzene rings is 1. The molecular formula is C13H11F3N2O4S. The van der Waals surface area contributed by atoms with Gasteiger partial charge < -0.3 is 5.11 Å². The van der Waals surface area contributed by atoms with Crippen LogP contribution in [0, 0.1) is 23.2 Å². The summed E-state index contributed by atoms with van der Waals surface area (Å²) in [6, 6.07) is 6.73. The van der Waals surface area contributed by atoms with Crippen molar-refractivity contribution in [3.8, 4) is 6.07 Å². The van der Waals surface area contributed by atoms with Gasteiger partial charge in [-0.25, -0.2) is 8.42 Å². The van der Waals surface area contributed by atoms with Gasteiger partial charge in [0.15, 0.2) is 0 Å². The van der Waals surface area contributed by atoms with Crippen molar-refractivity contribution in [2.75, 3.05) is 13.1 Å². The zero-order chi connectivity index (χ0) is 17.4. The lowest BCUT2D eigenvalue weighted by Crippen LogP contribution is -2.34. The minimum Gasteiger partial charge on any atom is -0.481 e. The fourth-order valence-corrected chi connectivity index (χ4v) is 4.10. The highest BCUT2D eigenvalue weighted by atomic mass is 32.2. The third kappa shape index (κ3) is 3.16. The summed E-state index contributed by atoms with van der Waals surface area (Å²) in [6.45, 7) is -1.77. The number of sulfonamides is 1. The SMILES string of the molecule is N#Cc1ccccc1S(=O)(=O)N1C[C@@H](C(F)(F)F)[C@H](C(=O)O)C1. The Kier molecular flexibility index (Phi) is 4.37. The third-order valence-corrected chi connectivity index (χ3v) is 5.54. The first-order valence-corrected chi connectivity index (χ1v) is 7.82. The average molecular weight is 348 g/mol. The molecule has 1 aliphatic rings. The average Bonchev–Trinajstić information content (AvgIpc) is 2.93. The molecule has 124 valence electrons. The first-order chi connectivity index (χ1) is 10.6. The number of hydrogen-bond acceptors (Lipinski definition) is 4. The monoisotopic (exact) mass is 348 g/mol. The van der Waals surface area contributed by atoms with Crippen molar-refractivity contribution in [1.29, 1.82) is 5.26 Å². The summed E-state index contributed by atoms with van der Waals surface area (Å²) in [5.41, 5.74) is -0.213. The van der Waals surface area contributed by atoms with Crippen molar-refractivity contribution in [2.45, 2.75) is 11.1 Å². The lowest BCUT2D eigenvalue weighted by molar-refractivity contribution is -0.187. The van der Waals surface area contributed by atoms with Gasteiger partial charge in [-0.05, 0) is 12.1 Å². The van der Waals surface area contributed by atoms with Crippen molar-refractivity contribution < 1.29 is 31.5 Å². The maximum absolute atomic E-state index is 12.9. The van der Waals surface area contributed by atoms with Crippen LogP contribution in [0.4, 0.5) is 13.2 Å². The lowest BCUT2D eigenvalue weighted by Gasteiger charge is -2.18. The van der Waals surface area contributed by atoms with Crippen LogP contribution in [-0.2, 0) is 14.8 Å². The number of alkyl halides is 3. The predicted octanol–water partition coefficient (Wildman–Crippen LogP) is 1.44. The highest BCUT2D eigenvalue weighted by molar-refractivity contribution is 7.89. The molecule has 0 unspecified atom stereocenters. The smallest absolute Gasteiger partial charge is 0.393 e. The van der Waals surface area contributed by atoms with Gasteiger partial charge in [-0.2, -0.15) is 22.7 Å². The molecule has 6 nitrogen and oxygen atoms in total. The maximum Gasteiger partial charge on any atom is 0.393 e. The van der Waals surface area contributed by atoms with Gasteiger partial charge in [0.2, 0.25) is 10.0 Å². The molecule has 1 aliphatic heterocycles. The first-order valence-electron chi connectivity index (χ1n) is 6.38. The van der Waals surface area contributed by atoms with E-state index in [2.05, 4.69) is 0 Å². The van der Waals surface area contributed by atoms with Crippen LogP contribution >= 0.6 is 0 Å². The van der Waals surface area contributed by atoms with E-state index in [-0.39, 0.29) is 5.56 Å². The second-order valence-corrected chi connectivity index (χ2v) is 6.93. The molecule has 0 aromatic heterocycles. The van der Waals surface area contributed by atoms with Crippen LogP contribution in [0.5, 0.6) is 0 Å². The topological polar surface area (TPSA) is 98.5 Å². The fraction of sp³-hybridized carbons (Fsp3) is 0.385. The van der Waals surface area contributed by atoms with Gasteiger partial charge in [-0.15, -0.1) is 0 Å². The maximum atomic E-state index is 12.9.